The van der Waals surface area contributed by atoms with Crippen LogP contribution in [-0.2, 0) is 16.0 Å². The molecule has 5 aliphatic rings. The monoisotopic (exact) mass is 764 g/mol. The number of allylic oxidation sites excluding steroid dienone is 6. The summed E-state index contributed by atoms with van der Waals surface area (Å²) in [5, 5.41) is 21.1. The maximum Gasteiger partial charge on any atom is 0.737 e. The molecule has 0 saturated heterocycles. The molecule has 6 nitrogen and oxygen atoms in total. The molecule has 0 bridgehead atoms. The number of benzene rings is 1. The fraction of sp³-hybridized carbons (Fsp3) is 0.489. The normalized spacial score (nSPS) is 29.1. The minimum absolute atomic E-state index is 0.0739. The minimum Gasteiger partial charge on any atom is -0.457 e. The van der Waals surface area contributed by atoms with Crippen molar-refractivity contribution in [1.29, 1.82) is 0 Å². The number of hydrogen-bond acceptors (Lipinski definition) is 4. The lowest BCUT2D eigenvalue weighted by atomic mass is 9.60. The van der Waals surface area contributed by atoms with Crippen molar-refractivity contribution in [3.8, 4) is 0 Å². The Hall–Kier alpha value is -4.08. The van der Waals surface area contributed by atoms with E-state index in [1.54, 1.807) is 36.4 Å². The number of fused-ring (bicyclic) bond motifs is 3. The van der Waals surface area contributed by atoms with Crippen molar-refractivity contribution in [2.75, 3.05) is 0 Å². The summed E-state index contributed by atoms with van der Waals surface area (Å²) in [6, 6.07) is 12.9. The topological polar surface area (TPSA) is 74.7 Å². The van der Waals surface area contributed by atoms with Crippen LogP contribution in [0, 0.1) is 23.2 Å². The molecule has 3 fully saturated rings. The molecule has 0 unspecified atom stereocenters. The van der Waals surface area contributed by atoms with Crippen LogP contribution in [0.3, 0.4) is 0 Å². The second-order valence-corrected chi connectivity index (χ2v) is 18.0. The van der Waals surface area contributed by atoms with Crippen molar-refractivity contribution in [2.45, 2.75) is 123 Å². The van der Waals surface area contributed by atoms with Gasteiger partial charge in [0, 0.05) is 36.4 Å². The Bertz CT molecular complexity index is 2020. The predicted octanol–water partition coefficient (Wildman–Crippen LogP) is 10.0. The lowest BCUT2D eigenvalue weighted by molar-refractivity contribution is -0.360. The number of aliphatic hydroxyl groups is 2. The summed E-state index contributed by atoms with van der Waals surface area (Å²) in [5.74, 6) is 1.30. The Morgan fingerprint density at radius 2 is 1.93 bits per heavy atom. The van der Waals surface area contributed by atoms with Gasteiger partial charge in [-0.1, -0.05) is 81.3 Å². The van der Waals surface area contributed by atoms with Gasteiger partial charge in [0.2, 0.25) is 0 Å². The van der Waals surface area contributed by atoms with Crippen LogP contribution in [0.25, 0.3) is 12.2 Å². The molecule has 2 N–H and O–H groups in total. The summed E-state index contributed by atoms with van der Waals surface area (Å²) in [5.41, 5.74) is 5.22. The molecule has 0 radical (unpaired) electrons. The average Bonchev–Trinajstić information content (AvgIpc) is 3.86. The van der Waals surface area contributed by atoms with E-state index in [1.807, 2.05) is 50.3 Å². The van der Waals surface area contributed by atoms with Gasteiger partial charge >= 0.3 is 12.9 Å². The van der Waals surface area contributed by atoms with Crippen LogP contribution in [0.15, 0.2) is 102 Å². The van der Waals surface area contributed by atoms with Crippen molar-refractivity contribution >= 4 is 30.8 Å². The Morgan fingerprint density at radius 1 is 1.14 bits per heavy atom. The van der Waals surface area contributed by atoms with Crippen molar-refractivity contribution in [2.24, 2.45) is 23.2 Å². The summed E-state index contributed by atoms with van der Waals surface area (Å²) in [7, 11) is 0. The SMILES string of the molecule is C=C1/C(=C\C=C2/CCC[C@]3(C)[C@@H]([C@H](C)CCCC(C)(C)O)CC[C@@H]23)C[C@@H](O)C[C@@H]1OC(=O)CCc1ccc2n1[B-](F)(F)[N+]1=C(/C=C/c3ccccc3)C=CC1=C2. The van der Waals surface area contributed by atoms with Crippen LogP contribution in [0.2, 0.25) is 0 Å². The Labute approximate surface area is 331 Å². The van der Waals surface area contributed by atoms with Crippen molar-refractivity contribution in [3.63, 3.8) is 0 Å². The second-order valence-electron chi connectivity index (χ2n) is 18.0. The number of hydrogen-bond donors (Lipinski definition) is 2. The number of nitrogens with zero attached hydrogens (tertiary/aromatic N) is 2. The third kappa shape index (κ3) is 8.31. The van der Waals surface area contributed by atoms with E-state index in [2.05, 4.69) is 32.6 Å². The largest absolute Gasteiger partial charge is 0.737 e. The highest BCUT2D eigenvalue weighted by molar-refractivity contribution is 6.58. The number of carbonyl (C=O) groups excluding carboxylic acids is 1. The predicted molar refractivity (Wildman–Crippen MR) is 222 cm³/mol. The summed E-state index contributed by atoms with van der Waals surface area (Å²) in [6.45, 7) is 8.78. The third-order valence-electron chi connectivity index (χ3n) is 13.5. The number of ether oxygens (including phenoxy) is 1. The molecule has 3 aliphatic carbocycles. The number of rotatable bonds is 12. The minimum atomic E-state index is -4.21. The maximum absolute atomic E-state index is 16.3. The lowest BCUT2D eigenvalue weighted by Crippen LogP contribution is -2.50. The van der Waals surface area contributed by atoms with Crippen molar-refractivity contribution in [1.82, 2.24) is 4.48 Å². The van der Waals surface area contributed by atoms with Crippen molar-refractivity contribution < 1.29 is 32.9 Å². The van der Waals surface area contributed by atoms with E-state index in [9.17, 15) is 15.0 Å². The molecule has 0 spiro atoms. The van der Waals surface area contributed by atoms with E-state index in [-0.39, 0.29) is 24.7 Å². The molecule has 9 heteroatoms. The first-order chi connectivity index (χ1) is 26.6. The Morgan fingerprint density at radius 3 is 2.70 bits per heavy atom. The molecular weight excluding hydrogens is 705 g/mol. The quantitative estimate of drug-likeness (QED) is 0.167. The van der Waals surface area contributed by atoms with Crippen LogP contribution < -0.4 is 0 Å². The zero-order valence-corrected chi connectivity index (χ0v) is 33.6. The smallest absolute Gasteiger partial charge is 0.457 e. The van der Waals surface area contributed by atoms with E-state index >= 15 is 8.63 Å². The molecule has 1 aromatic heterocycles. The van der Waals surface area contributed by atoms with Gasteiger partial charge in [-0.15, -0.1) is 0 Å². The van der Waals surface area contributed by atoms with E-state index in [4.69, 9.17) is 4.74 Å². The molecule has 3 saturated carbocycles. The number of esters is 1. The van der Waals surface area contributed by atoms with Crippen LogP contribution in [0.1, 0.15) is 115 Å². The fourth-order valence-corrected chi connectivity index (χ4v) is 10.6. The second kappa shape index (κ2) is 16.1. The van der Waals surface area contributed by atoms with Gasteiger partial charge < -0.3 is 32.5 Å². The Balaban J connectivity index is 0.989. The van der Waals surface area contributed by atoms with E-state index in [1.165, 1.54) is 24.8 Å². The molecule has 7 rings (SSSR count). The van der Waals surface area contributed by atoms with Crippen LogP contribution in [-0.4, -0.2) is 55.6 Å². The van der Waals surface area contributed by atoms with Gasteiger partial charge in [-0.05, 0) is 129 Å². The molecule has 3 heterocycles. The molecular formula is C47H59BF2N2O4. The maximum atomic E-state index is 16.3. The van der Waals surface area contributed by atoms with Gasteiger partial charge in [-0.25, -0.2) is 0 Å². The van der Waals surface area contributed by atoms with Gasteiger partial charge in [0.05, 0.1) is 18.1 Å². The fourth-order valence-electron chi connectivity index (χ4n) is 10.6. The van der Waals surface area contributed by atoms with Gasteiger partial charge in [-0.2, -0.15) is 0 Å². The van der Waals surface area contributed by atoms with E-state index in [0.29, 0.717) is 52.5 Å². The number of aliphatic hydroxyl groups excluding tert-OH is 1. The number of carbonyl (C=O) groups is 1. The standard InChI is InChI=1S/C47H59BF2N2O4/c1-32(11-9-27-46(3,4)55)42-24-25-43-35(14-10-28-47(42,43)5)16-17-36-29-41(53)31-44(33(36)2)56-45(54)26-23-38-20-22-40-30-39-21-19-37(51(39)48(49,50)52(38)40)18-15-34-12-7-6-8-13-34/h6-8,12-13,15-22,30,32,41-44,53,55H,2,9-11,14,23-29,31H2,1,3-5H3/b18-15+,35-16+,36-17-/t32-,41-,42-,43+,44+,47-/m1/s1. The first-order valence-electron chi connectivity index (χ1n) is 20.8. The highest BCUT2D eigenvalue weighted by Crippen LogP contribution is 2.60. The van der Waals surface area contributed by atoms with Gasteiger partial charge in [0.25, 0.3) is 0 Å². The van der Waals surface area contributed by atoms with Crippen LogP contribution in [0.4, 0.5) is 8.63 Å². The summed E-state index contributed by atoms with van der Waals surface area (Å²) in [6.07, 6.45) is 21.3. The molecule has 298 valence electrons. The van der Waals surface area contributed by atoms with Gasteiger partial charge in [-0.3, -0.25) is 4.79 Å². The van der Waals surface area contributed by atoms with Crippen molar-refractivity contribution in [3.05, 3.63) is 119 Å². The van der Waals surface area contributed by atoms with E-state index < -0.39 is 30.7 Å². The van der Waals surface area contributed by atoms with Gasteiger partial charge in [0.1, 0.15) is 6.10 Å². The number of aromatic nitrogens is 1. The molecule has 2 aliphatic heterocycles. The number of aryl methyl sites for hydroxylation is 1. The highest BCUT2D eigenvalue weighted by atomic mass is 19.2. The number of halogens is 2. The summed E-state index contributed by atoms with van der Waals surface area (Å²) in [4.78, 5) is 13.3. The molecule has 56 heavy (non-hydrogen) atoms. The molecule has 6 atom stereocenters. The first-order valence-corrected chi connectivity index (χ1v) is 20.8. The van der Waals surface area contributed by atoms with E-state index in [0.717, 1.165) is 52.2 Å². The summed E-state index contributed by atoms with van der Waals surface area (Å²) < 4.78 is 40.7. The van der Waals surface area contributed by atoms with Crippen LogP contribution >= 0.6 is 0 Å². The molecule has 2 aromatic rings. The molecule has 1 aromatic carbocycles. The van der Waals surface area contributed by atoms with Gasteiger partial charge in [0.15, 0.2) is 11.4 Å². The average molecular weight is 765 g/mol. The highest BCUT2D eigenvalue weighted by Gasteiger charge is 2.52. The zero-order valence-electron chi connectivity index (χ0n) is 33.6. The zero-order chi connectivity index (χ0) is 39.8. The third-order valence-corrected chi connectivity index (χ3v) is 13.5. The Kier molecular flexibility index (Phi) is 11.5. The van der Waals surface area contributed by atoms with Crippen LogP contribution in [0.5, 0.6) is 0 Å². The first kappa shape index (κ1) is 40.1. The molecule has 0 amide bonds. The lowest BCUT2D eigenvalue weighted by Gasteiger charge is -2.44. The summed E-state index contributed by atoms with van der Waals surface area (Å²) >= 11 is 0.